The van der Waals surface area contributed by atoms with Gasteiger partial charge in [-0.1, -0.05) is 12.1 Å². The molecule has 1 aromatic carbocycles. The zero-order valence-corrected chi connectivity index (χ0v) is 16.6. The Hall–Kier alpha value is -2.57. The van der Waals surface area contributed by atoms with Crippen molar-refractivity contribution in [2.24, 2.45) is 0 Å². The number of hydrogen-bond acceptors (Lipinski definition) is 6. The fourth-order valence-electron chi connectivity index (χ4n) is 3.42. The molecule has 1 amide bonds. The molecule has 1 aromatic heterocycles. The molecule has 1 aliphatic heterocycles. The van der Waals surface area contributed by atoms with Gasteiger partial charge in [-0.05, 0) is 50.8 Å². The van der Waals surface area contributed by atoms with Crippen LogP contribution in [0.1, 0.15) is 54.2 Å². The van der Waals surface area contributed by atoms with Gasteiger partial charge in [0.2, 0.25) is 5.89 Å². The van der Waals surface area contributed by atoms with Crippen molar-refractivity contribution < 1.29 is 19.2 Å². The zero-order valence-electron chi connectivity index (χ0n) is 16.6. The summed E-state index contributed by atoms with van der Waals surface area (Å²) in [5.41, 5.74) is 2.55. The standard InChI is InChI=1S/C20H27N3O4/c1-6-16-22-15(23-27-16)8-10-21-19(25)20(5)9-7-14-13(4)17(24)11(2)12(3)18(14)26-20/h24H,6-10H2,1-5H3,(H,21,25)/t20-/m1/s1. The summed E-state index contributed by atoms with van der Waals surface area (Å²) in [7, 11) is 0. The van der Waals surface area contributed by atoms with Crippen LogP contribution in [0.3, 0.4) is 0 Å². The molecule has 0 saturated heterocycles. The quantitative estimate of drug-likeness (QED) is 0.836. The molecule has 1 aliphatic rings. The predicted octanol–water partition coefficient (Wildman–Crippen LogP) is 2.71. The molecule has 27 heavy (non-hydrogen) atoms. The van der Waals surface area contributed by atoms with Gasteiger partial charge < -0.3 is 19.7 Å². The van der Waals surface area contributed by atoms with Gasteiger partial charge in [-0.15, -0.1) is 0 Å². The molecule has 0 aliphatic carbocycles. The predicted molar refractivity (Wildman–Crippen MR) is 100 cm³/mol. The Labute approximate surface area is 159 Å². The first-order valence-electron chi connectivity index (χ1n) is 9.37. The Morgan fingerprint density at radius 3 is 2.67 bits per heavy atom. The molecule has 2 N–H and O–H groups in total. The van der Waals surface area contributed by atoms with Crippen LogP contribution in [0.25, 0.3) is 0 Å². The number of ether oxygens (including phenoxy) is 1. The minimum atomic E-state index is -0.945. The minimum absolute atomic E-state index is 0.157. The van der Waals surface area contributed by atoms with Crippen LogP contribution >= 0.6 is 0 Å². The highest BCUT2D eigenvalue weighted by atomic mass is 16.5. The van der Waals surface area contributed by atoms with Crippen LogP contribution in [-0.4, -0.2) is 33.3 Å². The lowest BCUT2D eigenvalue weighted by Crippen LogP contribution is -2.51. The van der Waals surface area contributed by atoms with E-state index in [4.69, 9.17) is 9.26 Å². The van der Waals surface area contributed by atoms with E-state index in [9.17, 15) is 9.90 Å². The fourth-order valence-corrected chi connectivity index (χ4v) is 3.42. The summed E-state index contributed by atoms with van der Waals surface area (Å²) in [6.45, 7) is 9.85. The number of benzene rings is 1. The monoisotopic (exact) mass is 373 g/mol. The van der Waals surface area contributed by atoms with Gasteiger partial charge in [-0.3, -0.25) is 4.79 Å². The number of carbonyl (C=O) groups excluding carboxylic acids is 1. The Morgan fingerprint density at radius 2 is 2.00 bits per heavy atom. The van der Waals surface area contributed by atoms with Crippen LogP contribution in [0.5, 0.6) is 11.5 Å². The summed E-state index contributed by atoms with van der Waals surface area (Å²) in [6.07, 6.45) is 2.44. The number of aryl methyl sites for hydroxylation is 1. The van der Waals surface area contributed by atoms with Crippen molar-refractivity contribution in [3.8, 4) is 11.5 Å². The summed E-state index contributed by atoms with van der Waals surface area (Å²) in [6, 6.07) is 0. The number of carbonyl (C=O) groups is 1. The molecule has 0 radical (unpaired) electrons. The largest absolute Gasteiger partial charge is 0.507 e. The van der Waals surface area contributed by atoms with Crippen molar-refractivity contribution in [2.75, 3.05) is 6.54 Å². The lowest BCUT2D eigenvalue weighted by atomic mass is 9.86. The fraction of sp³-hybridized carbons (Fsp3) is 0.550. The van der Waals surface area contributed by atoms with E-state index in [1.165, 1.54) is 0 Å². The highest BCUT2D eigenvalue weighted by Gasteiger charge is 2.40. The molecule has 2 aromatic rings. The minimum Gasteiger partial charge on any atom is -0.507 e. The third kappa shape index (κ3) is 3.50. The van der Waals surface area contributed by atoms with E-state index in [0.717, 1.165) is 28.0 Å². The van der Waals surface area contributed by atoms with E-state index in [1.807, 2.05) is 34.6 Å². The number of hydrogen-bond donors (Lipinski definition) is 2. The molecule has 7 heteroatoms. The summed E-state index contributed by atoms with van der Waals surface area (Å²) in [4.78, 5) is 17.0. The number of fused-ring (bicyclic) bond motifs is 1. The van der Waals surface area contributed by atoms with Gasteiger partial charge >= 0.3 is 0 Å². The Bertz CT molecular complexity index is 875. The average Bonchev–Trinajstić information content (AvgIpc) is 3.12. The second-order valence-electron chi connectivity index (χ2n) is 7.33. The van der Waals surface area contributed by atoms with Crippen molar-refractivity contribution in [3.05, 3.63) is 34.0 Å². The normalized spacial score (nSPS) is 18.7. The molecular weight excluding hydrogens is 346 g/mol. The Morgan fingerprint density at radius 1 is 1.26 bits per heavy atom. The molecule has 0 unspecified atom stereocenters. The van der Waals surface area contributed by atoms with Crippen molar-refractivity contribution in [1.29, 1.82) is 0 Å². The molecular formula is C20H27N3O4. The molecule has 0 fully saturated rings. The van der Waals surface area contributed by atoms with Crippen molar-refractivity contribution in [2.45, 2.75) is 65.9 Å². The molecule has 0 bridgehead atoms. The van der Waals surface area contributed by atoms with Gasteiger partial charge in [0.1, 0.15) is 11.5 Å². The number of aromatic nitrogens is 2. The van der Waals surface area contributed by atoms with Gasteiger partial charge in [0.15, 0.2) is 11.4 Å². The zero-order chi connectivity index (χ0) is 19.8. The smallest absolute Gasteiger partial charge is 0.263 e. The lowest BCUT2D eigenvalue weighted by molar-refractivity contribution is -0.136. The van der Waals surface area contributed by atoms with Crippen LogP contribution in [0, 0.1) is 20.8 Å². The van der Waals surface area contributed by atoms with Crippen molar-refractivity contribution in [3.63, 3.8) is 0 Å². The molecule has 1 atom stereocenters. The highest BCUT2D eigenvalue weighted by molar-refractivity contribution is 5.85. The van der Waals surface area contributed by atoms with Crippen molar-refractivity contribution >= 4 is 5.91 Å². The van der Waals surface area contributed by atoms with E-state index in [2.05, 4.69) is 15.5 Å². The van der Waals surface area contributed by atoms with Crippen LogP contribution in [0.15, 0.2) is 4.52 Å². The van der Waals surface area contributed by atoms with Gasteiger partial charge in [0.25, 0.3) is 5.91 Å². The second kappa shape index (κ2) is 7.21. The number of rotatable bonds is 5. The van der Waals surface area contributed by atoms with E-state index in [-0.39, 0.29) is 5.91 Å². The molecule has 2 heterocycles. The van der Waals surface area contributed by atoms with E-state index in [1.54, 1.807) is 0 Å². The number of nitrogens with one attached hydrogen (secondary N) is 1. The number of phenolic OH excluding ortho intramolecular Hbond substituents is 1. The van der Waals surface area contributed by atoms with Crippen LogP contribution in [-0.2, 0) is 24.1 Å². The third-order valence-electron chi connectivity index (χ3n) is 5.45. The molecule has 0 spiro atoms. The third-order valence-corrected chi connectivity index (χ3v) is 5.45. The maximum atomic E-state index is 12.8. The average molecular weight is 373 g/mol. The van der Waals surface area contributed by atoms with Gasteiger partial charge in [-0.2, -0.15) is 4.98 Å². The highest BCUT2D eigenvalue weighted by Crippen LogP contribution is 2.43. The van der Waals surface area contributed by atoms with E-state index in [0.29, 0.717) is 49.7 Å². The van der Waals surface area contributed by atoms with Gasteiger partial charge in [0, 0.05) is 31.4 Å². The van der Waals surface area contributed by atoms with Gasteiger partial charge in [-0.25, -0.2) is 0 Å². The molecule has 3 rings (SSSR count). The number of phenols is 1. The topological polar surface area (TPSA) is 97.5 Å². The summed E-state index contributed by atoms with van der Waals surface area (Å²) in [5, 5.41) is 17.1. The van der Waals surface area contributed by atoms with E-state index < -0.39 is 5.60 Å². The van der Waals surface area contributed by atoms with Crippen LogP contribution < -0.4 is 10.1 Å². The van der Waals surface area contributed by atoms with Gasteiger partial charge in [0.05, 0.1) is 0 Å². The van der Waals surface area contributed by atoms with Crippen LogP contribution in [0.4, 0.5) is 0 Å². The molecule has 7 nitrogen and oxygen atoms in total. The lowest BCUT2D eigenvalue weighted by Gasteiger charge is -2.36. The number of nitrogens with zero attached hydrogens (tertiary/aromatic N) is 2. The summed E-state index contributed by atoms with van der Waals surface area (Å²) >= 11 is 0. The summed E-state index contributed by atoms with van der Waals surface area (Å²) < 4.78 is 11.3. The first-order chi connectivity index (χ1) is 12.8. The first kappa shape index (κ1) is 19.2. The maximum absolute atomic E-state index is 12.8. The van der Waals surface area contributed by atoms with Crippen LogP contribution in [0.2, 0.25) is 0 Å². The van der Waals surface area contributed by atoms with Crippen molar-refractivity contribution in [1.82, 2.24) is 15.5 Å². The Balaban J connectivity index is 1.69. The number of aromatic hydroxyl groups is 1. The first-order valence-corrected chi connectivity index (χ1v) is 9.37. The summed E-state index contributed by atoms with van der Waals surface area (Å²) in [5.74, 6) is 2.06. The molecule has 0 saturated carbocycles. The maximum Gasteiger partial charge on any atom is 0.263 e. The second-order valence-corrected chi connectivity index (χ2v) is 7.33. The van der Waals surface area contributed by atoms with E-state index >= 15 is 0 Å². The number of amides is 1. The Kier molecular flexibility index (Phi) is 5.13. The SMILES string of the molecule is CCc1nc(CCNC(=O)[C@@]2(C)CCc3c(C)c(O)c(C)c(C)c3O2)no1. The molecule has 146 valence electrons.